The number of fused-ring (bicyclic) bond motifs is 1. The van der Waals surface area contributed by atoms with E-state index < -0.39 is 31.9 Å². The minimum atomic E-state index is -3.98. The van der Waals surface area contributed by atoms with Crippen LogP contribution in [0.25, 0.3) is 10.2 Å². The Hall–Kier alpha value is -3.85. The second-order valence-electron chi connectivity index (χ2n) is 7.87. The molecule has 0 radical (unpaired) electrons. The predicted octanol–water partition coefficient (Wildman–Crippen LogP) is 2.46. The number of rotatable bonds is 8. The summed E-state index contributed by atoms with van der Waals surface area (Å²) in [7, 11) is -7.86. The summed E-state index contributed by atoms with van der Waals surface area (Å²) >= 11 is 0.985. The van der Waals surface area contributed by atoms with Gasteiger partial charge in [-0.3, -0.25) is 14.3 Å². The Morgan fingerprint density at radius 2 is 1.71 bits per heavy atom. The van der Waals surface area contributed by atoms with Crippen LogP contribution in [-0.2, 0) is 36.1 Å². The van der Waals surface area contributed by atoms with Crippen LogP contribution in [0.3, 0.4) is 0 Å². The number of amides is 1. The molecule has 3 aromatic carbocycles. The summed E-state index contributed by atoms with van der Waals surface area (Å²) in [4.78, 5) is 29.5. The molecule has 4 rings (SSSR count). The van der Waals surface area contributed by atoms with E-state index in [1.807, 2.05) is 0 Å². The van der Waals surface area contributed by atoms with Gasteiger partial charge in [0.15, 0.2) is 4.80 Å². The number of nitrogens with zero attached hydrogens (tertiary/aromatic N) is 2. The second-order valence-corrected chi connectivity index (χ2v) is 12.1. The molecule has 3 N–H and O–H groups in total. The van der Waals surface area contributed by atoms with Crippen molar-refractivity contribution in [3.63, 3.8) is 0 Å². The third kappa shape index (κ3) is 6.16. The minimum Gasteiger partial charge on any atom is -0.465 e. The van der Waals surface area contributed by atoms with Crippen LogP contribution in [-0.4, -0.2) is 39.9 Å². The molecular weight excluding hydrogens is 552 g/mol. The third-order valence-corrected chi connectivity index (χ3v) is 8.54. The first-order valence-electron chi connectivity index (χ1n) is 11.1. The van der Waals surface area contributed by atoms with Gasteiger partial charge in [-0.1, -0.05) is 35.6 Å². The number of esters is 1. The van der Waals surface area contributed by atoms with Crippen molar-refractivity contribution in [2.24, 2.45) is 10.1 Å². The lowest BCUT2D eigenvalue weighted by Gasteiger charge is -2.08. The standard InChI is InChI=1S/C24H22N4O7S3/c1-2-35-22(29)15-28-20-12-11-19(37(25,31)32)14-21(20)36-24(28)26-23(30)16-7-6-8-17(13-16)27-38(33,34)18-9-4-3-5-10-18/h3-14,27H,2,15H2,1H3,(H2,25,31,32). The van der Waals surface area contributed by atoms with E-state index in [1.54, 1.807) is 25.1 Å². The van der Waals surface area contributed by atoms with Gasteiger partial charge in [0.05, 0.1) is 26.6 Å². The van der Waals surface area contributed by atoms with Crippen LogP contribution >= 0.6 is 11.3 Å². The van der Waals surface area contributed by atoms with Crippen molar-refractivity contribution in [2.45, 2.75) is 23.3 Å². The van der Waals surface area contributed by atoms with Crippen LogP contribution in [0.5, 0.6) is 0 Å². The van der Waals surface area contributed by atoms with Crippen molar-refractivity contribution < 1.29 is 31.2 Å². The molecule has 14 heteroatoms. The Kier molecular flexibility index (Phi) is 7.78. The smallest absolute Gasteiger partial charge is 0.326 e. The number of ether oxygens (including phenoxy) is 1. The van der Waals surface area contributed by atoms with Crippen molar-refractivity contribution in [1.82, 2.24) is 4.57 Å². The molecule has 0 fully saturated rings. The number of carbonyl (C=O) groups is 2. The minimum absolute atomic E-state index is 0.0607. The van der Waals surface area contributed by atoms with Crippen molar-refractivity contribution in [1.29, 1.82) is 0 Å². The molecule has 0 saturated heterocycles. The molecule has 0 aliphatic heterocycles. The highest BCUT2D eigenvalue weighted by atomic mass is 32.2. The predicted molar refractivity (Wildman–Crippen MR) is 141 cm³/mol. The van der Waals surface area contributed by atoms with Crippen LogP contribution in [0.1, 0.15) is 17.3 Å². The average molecular weight is 575 g/mol. The summed E-state index contributed by atoms with van der Waals surface area (Å²) in [5, 5.41) is 5.23. The van der Waals surface area contributed by atoms with Gasteiger partial charge < -0.3 is 9.30 Å². The van der Waals surface area contributed by atoms with E-state index in [0.717, 1.165) is 11.3 Å². The molecule has 0 aliphatic rings. The first-order chi connectivity index (χ1) is 18.0. The molecule has 0 spiro atoms. The number of carbonyl (C=O) groups excluding carboxylic acids is 2. The molecule has 38 heavy (non-hydrogen) atoms. The molecule has 4 aromatic rings. The number of hydrogen-bond acceptors (Lipinski definition) is 8. The van der Waals surface area contributed by atoms with Crippen molar-refractivity contribution in [3.05, 3.63) is 83.2 Å². The van der Waals surface area contributed by atoms with Gasteiger partial charge in [0.2, 0.25) is 10.0 Å². The molecular formula is C24H22N4O7S3. The number of nitrogens with one attached hydrogen (secondary N) is 1. The van der Waals surface area contributed by atoms with Gasteiger partial charge >= 0.3 is 5.97 Å². The van der Waals surface area contributed by atoms with E-state index in [-0.39, 0.29) is 39.0 Å². The molecule has 0 unspecified atom stereocenters. The van der Waals surface area contributed by atoms with Crippen LogP contribution in [0, 0.1) is 0 Å². The van der Waals surface area contributed by atoms with E-state index >= 15 is 0 Å². The monoisotopic (exact) mass is 574 g/mol. The number of thiazole rings is 1. The fraction of sp³-hybridized carbons (Fsp3) is 0.125. The maximum Gasteiger partial charge on any atom is 0.326 e. The van der Waals surface area contributed by atoms with Gasteiger partial charge in [-0.15, -0.1) is 0 Å². The van der Waals surface area contributed by atoms with E-state index in [1.165, 1.54) is 59.2 Å². The molecule has 1 aromatic heterocycles. The number of nitrogens with two attached hydrogens (primary N) is 1. The van der Waals surface area contributed by atoms with Crippen LogP contribution in [0.15, 0.2) is 87.6 Å². The van der Waals surface area contributed by atoms with E-state index in [0.29, 0.717) is 10.2 Å². The Balaban J connectivity index is 1.73. The molecule has 0 aliphatic carbocycles. The number of benzene rings is 3. The van der Waals surface area contributed by atoms with Gasteiger partial charge in [-0.05, 0) is 55.5 Å². The van der Waals surface area contributed by atoms with Crippen LogP contribution < -0.4 is 14.7 Å². The quantitative estimate of drug-likeness (QED) is 0.305. The summed E-state index contributed by atoms with van der Waals surface area (Å²) in [6.07, 6.45) is 0. The first kappa shape index (κ1) is 27.2. The topological polar surface area (TPSA) is 167 Å². The summed E-state index contributed by atoms with van der Waals surface area (Å²) in [6.45, 7) is 1.53. The maximum atomic E-state index is 13.1. The average Bonchev–Trinajstić information content (AvgIpc) is 3.20. The summed E-state index contributed by atoms with van der Waals surface area (Å²) in [5.74, 6) is -1.28. The zero-order valence-corrected chi connectivity index (χ0v) is 22.3. The largest absolute Gasteiger partial charge is 0.465 e. The van der Waals surface area contributed by atoms with Crippen molar-refractivity contribution in [3.8, 4) is 0 Å². The van der Waals surface area contributed by atoms with Gasteiger partial charge in [0.25, 0.3) is 15.9 Å². The second kappa shape index (κ2) is 10.9. The highest BCUT2D eigenvalue weighted by Gasteiger charge is 2.17. The zero-order chi connectivity index (χ0) is 27.5. The molecule has 0 saturated carbocycles. The van der Waals surface area contributed by atoms with Gasteiger partial charge in [-0.2, -0.15) is 4.99 Å². The lowest BCUT2D eigenvalue weighted by atomic mass is 10.2. The van der Waals surface area contributed by atoms with Crippen molar-refractivity contribution in [2.75, 3.05) is 11.3 Å². The Labute approximate surface area is 222 Å². The zero-order valence-electron chi connectivity index (χ0n) is 19.9. The Bertz CT molecular complexity index is 1810. The number of sulfonamides is 2. The third-order valence-electron chi connectivity index (χ3n) is 5.19. The fourth-order valence-electron chi connectivity index (χ4n) is 3.49. The molecule has 11 nitrogen and oxygen atoms in total. The molecule has 1 amide bonds. The van der Waals surface area contributed by atoms with E-state index in [9.17, 15) is 26.4 Å². The highest BCUT2D eigenvalue weighted by molar-refractivity contribution is 7.92. The van der Waals surface area contributed by atoms with E-state index in [2.05, 4.69) is 9.71 Å². The van der Waals surface area contributed by atoms with Crippen LogP contribution in [0.2, 0.25) is 0 Å². The van der Waals surface area contributed by atoms with Gasteiger partial charge in [-0.25, -0.2) is 22.0 Å². The maximum absolute atomic E-state index is 13.1. The lowest BCUT2D eigenvalue weighted by molar-refractivity contribution is -0.143. The number of hydrogen-bond donors (Lipinski definition) is 2. The summed E-state index contributed by atoms with van der Waals surface area (Å²) < 4.78 is 58.2. The molecule has 0 atom stereocenters. The van der Waals surface area contributed by atoms with Crippen LogP contribution in [0.4, 0.5) is 5.69 Å². The Morgan fingerprint density at radius 3 is 2.39 bits per heavy atom. The van der Waals surface area contributed by atoms with E-state index in [4.69, 9.17) is 9.88 Å². The summed E-state index contributed by atoms with van der Waals surface area (Å²) in [5.41, 5.74) is 0.693. The molecule has 198 valence electrons. The number of aromatic nitrogens is 1. The Morgan fingerprint density at radius 1 is 0.974 bits per heavy atom. The lowest BCUT2D eigenvalue weighted by Crippen LogP contribution is -2.23. The van der Waals surface area contributed by atoms with Gasteiger partial charge in [0, 0.05) is 11.3 Å². The molecule has 1 heterocycles. The molecule has 0 bridgehead atoms. The summed E-state index contributed by atoms with van der Waals surface area (Å²) in [6, 6.07) is 17.7. The highest BCUT2D eigenvalue weighted by Crippen LogP contribution is 2.22. The SMILES string of the molecule is CCOC(=O)Cn1c(=NC(=O)c2cccc(NS(=O)(=O)c3ccccc3)c2)sc2cc(S(N)(=O)=O)ccc21. The number of primary sulfonamides is 1. The van der Waals surface area contributed by atoms with Gasteiger partial charge in [0.1, 0.15) is 6.54 Å². The first-order valence-corrected chi connectivity index (χ1v) is 14.9. The fourth-order valence-corrected chi connectivity index (χ4v) is 6.24. The normalized spacial score (nSPS) is 12.4. The number of anilines is 1. The van der Waals surface area contributed by atoms with Crippen molar-refractivity contribution >= 4 is 59.2 Å².